The molecule has 2 heterocycles. The molecule has 0 aliphatic heterocycles. The van der Waals surface area contributed by atoms with Crippen LogP contribution in [0.25, 0.3) is 17.3 Å². The van der Waals surface area contributed by atoms with E-state index in [4.69, 9.17) is 27.6 Å². The predicted molar refractivity (Wildman–Crippen MR) is 119 cm³/mol. The van der Waals surface area contributed by atoms with Gasteiger partial charge < -0.3 is 9.73 Å². The van der Waals surface area contributed by atoms with Crippen LogP contribution < -0.4 is 5.32 Å². The molecular weight excluding hydrogens is 443 g/mol. The molecule has 2 aromatic carbocycles. The molecule has 1 N–H and O–H groups in total. The van der Waals surface area contributed by atoms with Gasteiger partial charge in [0.25, 0.3) is 0 Å². The third kappa shape index (κ3) is 4.23. The maximum atomic E-state index is 12.8. The average molecular weight is 459 g/mol. The quantitative estimate of drug-likeness (QED) is 0.361. The zero-order valence-corrected chi connectivity index (χ0v) is 18.1. The maximum absolute atomic E-state index is 12.8. The molecule has 1 atom stereocenters. The predicted octanol–water partition coefficient (Wildman–Crippen LogP) is 5.95. The molecule has 0 aliphatic carbocycles. The molecule has 152 valence electrons. The number of amides is 1. The molecule has 2 aromatic heterocycles. The number of para-hydroxylation sites is 1. The molecule has 0 bridgehead atoms. The van der Waals surface area contributed by atoms with Crippen LogP contribution >= 0.6 is 35.0 Å². The molecular formula is C21H16Cl2N4O2S. The summed E-state index contributed by atoms with van der Waals surface area (Å²) in [6.45, 7) is 1.79. The Labute approximate surface area is 187 Å². The van der Waals surface area contributed by atoms with Crippen molar-refractivity contribution in [3.8, 4) is 17.3 Å². The molecule has 4 aromatic rings. The van der Waals surface area contributed by atoms with Crippen molar-refractivity contribution < 1.29 is 9.21 Å². The highest BCUT2D eigenvalue weighted by atomic mass is 35.5. The van der Waals surface area contributed by atoms with Crippen molar-refractivity contribution in [3.05, 3.63) is 77.0 Å². The van der Waals surface area contributed by atoms with Crippen LogP contribution in [0.15, 0.2) is 76.5 Å². The number of aromatic nitrogens is 3. The second kappa shape index (κ2) is 8.95. The van der Waals surface area contributed by atoms with Gasteiger partial charge in [0, 0.05) is 5.69 Å². The van der Waals surface area contributed by atoms with Crippen molar-refractivity contribution in [2.75, 3.05) is 5.32 Å². The van der Waals surface area contributed by atoms with Crippen molar-refractivity contribution in [3.63, 3.8) is 0 Å². The van der Waals surface area contributed by atoms with Gasteiger partial charge >= 0.3 is 0 Å². The van der Waals surface area contributed by atoms with Gasteiger partial charge in [-0.2, -0.15) is 0 Å². The highest BCUT2D eigenvalue weighted by molar-refractivity contribution is 8.00. The Kier molecular flexibility index (Phi) is 6.13. The van der Waals surface area contributed by atoms with E-state index < -0.39 is 5.25 Å². The molecule has 9 heteroatoms. The van der Waals surface area contributed by atoms with Crippen LogP contribution in [0.5, 0.6) is 0 Å². The number of thioether (sulfide) groups is 1. The molecule has 30 heavy (non-hydrogen) atoms. The second-order valence-corrected chi connectivity index (χ2v) is 8.40. The first-order chi connectivity index (χ1) is 14.5. The first kappa shape index (κ1) is 20.5. The van der Waals surface area contributed by atoms with Crippen LogP contribution in [-0.4, -0.2) is 25.9 Å². The summed E-state index contributed by atoms with van der Waals surface area (Å²) in [5.41, 5.74) is 1.32. The number of furan rings is 1. The Morgan fingerprint density at radius 3 is 2.60 bits per heavy atom. The van der Waals surface area contributed by atoms with Gasteiger partial charge in [-0.1, -0.05) is 59.2 Å². The summed E-state index contributed by atoms with van der Waals surface area (Å²) in [7, 11) is 0. The van der Waals surface area contributed by atoms with Crippen LogP contribution in [-0.2, 0) is 4.79 Å². The molecule has 6 nitrogen and oxygen atoms in total. The number of benzene rings is 2. The summed E-state index contributed by atoms with van der Waals surface area (Å²) < 4.78 is 7.37. The normalized spacial score (nSPS) is 12.0. The Balaban J connectivity index is 1.61. The Hall–Kier alpha value is -2.74. The van der Waals surface area contributed by atoms with E-state index in [2.05, 4.69) is 15.5 Å². The van der Waals surface area contributed by atoms with Crippen LogP contribution in [0, 0.1) is 0 Å². The van der Waals surface area contributed by atoms with E-state index in [-0.39, 0.29) is 5.91 Å². The lowest BCUT2D eigenvalue weighted by molar-refractivity contribution is -0.115. The standard InChI is InChI=1S/C21H16Cl2N4O2S/c1-13(20(28)24-16-10-5-9-15(22)18(16)23)30-21-26-25-19(17-11-6-12-29-17)27(21)14-7-3-2-4-8-14/h2-13H,1H3,(H,24,28)/t13-/m1/s1. The molecule has 4 rings (SSSR count). The zero-order chi connectivity index (χ0) is 21.1. The molecule has 0 aliphatic rings. The minimum Gasteiger partial charge on any atom is -0.461 e. The minimum absolute atomic E-state index is 0.230. The van der Waals surface area contributed by atoms with Crippen LogP contribution in [0.3, 0.4) is 0 Å². The van der Waals surface area contributed by atoms with Gasteiger partial charge in [-0.3, -0.25) is 9.36 Å². The van der Waals surface area contributed by atoms with Crippen LogP contribution in [0.1, 0.15) is 6.92 Å². The summed E-state index contributed by atoms with van der Waals surface area (Å²) in [5.74, 6) is 0.909. The van der Waals surface area contributed by atoms with Gasteiger partial charge in [-0.15, -0.1) is 10.2 Å². The number of carbonyl (C=O) groups excluding carboxylic acids is 1. The van der Waals surface area contributed by atoms with E-state index in [0.29, 0.717) is 32.5 Å². The van der Waals surface area contributed by atoms with Gasteiger partial charge in [-0.25, -0.2) is 0 Å². The molecule has 0 radical (unpaired) electrons. The van der Waals surface area contributed by atoms with Gasteiger partial charge in [0.15, 0.2) is 10.9 Å². The maximum Gasteiger partial charge on any atom is 0.237 e. The average Bonchev–Trinajstić information content (AvgIpc) is 3.42. The summed E-state index contributed by atoms with van der Waals surface area (Å²) in [5, 5.41) is 12.2. The van der Waals surface area contributed by atoms with E-state index in [1.807, 2.05) is 41.0 Å². The van der Waals surface area contributed by atoms with Gasteiger partial charge in [0.1, 0.15) is 0 Å². The van der Waals surface area contributed by atoms with E-state index in [1.165, 1.54) is 11.8 Å². The van der Waals surface area contributed by atoms with Crippen molar-refractivity contribution in [2.24, 2.45) is 0 Å². The molecule has 1 amide bonds. The third-order valence-corrected chi connectivity index (χ3v) is 6.11. The van der Waals surface area contributed by atoms with E-state index in [1.54, 1.807) is 37.5 Å². The highest BCUT2D eigenvalue weighted by Crippen LogP contribution is 2.32. The van der Waals surface area contributed by atoms with E-state index in [9.17, 15) is 4.79 Å². The summed E-state index contributed by atoms with van der Waals surface area (Å²) in [6.07, 6.45) is 1.58. The lowest BCUT2D eigenvalue weighted by atomic mass is 10.3. The van der Waals surface area contributed by atoms with Crippen molar-refractivity contribution in [1.82, 2.24) is 14.8 Å². The number of nitrogens with one attached hydrogen (secondary N) is 1. The Bertz CT molecular complexity index is 1160. The van der Waals surface area contributed by atoms with Crippen molar-refractivity contribution >= 4 is 46.6 Å². The smallest absolute Gasteiger partial charge is 0.237 e. The van der Waals surface area contributed by atoms with E-state index in [0.717, 1.165) is 5.69 Å². The summed E-state index contributed by atoms with van der Waals surface area (Å²) >= 11 is 13.5. The molecule has 0 unspecified atom stereocenters. The fourth-order valence-corrected chi connectivity index (χ4v) is 3.98. The third-order valence-electron chi connectivity index (χ3n) is 4.25. The lowest BCUT2D eigenvalue weighted by Crippen LogP contribution is -2.23. The Morgan fingerprint density at radius 1 is 1.07 bits per heavy atom. The number of carbonyl (C=O) groups is 1. The van der Waals surface area contributed by atoms with Crippen molar-refractivity contribution in [2.45, 2.75) is 17.3 Å². The minimum atomic E-state index is -0.476. The monoisotopic (exact) mass is 458 g/mol. The second-order valence-electron chi connectivity index (χ2n) is 6.31. The highest BCUT2D eigenvalue weighted by Gasteiger charge is 2.23. The Morgan fingerprint density at radius 2 is 1.87 bits per heavy atom. The van der Waals surface area contributed by atoms with Gasteiger partial charge in [0.2, 0.25) is 11.7 Å². The van der Waals surface area contributed by atoms with Gasteiger partial charge in [-0.05, 0) is 43.3 Å². The van der Waals surface area contributed by atoms with Gasteiger partial charge in [0.05, 0.1) is 27.2 Å². The number of hydrogen-bond donors (Lipinski definition) is 1. The fourth-order valence-electron chi connectivity index (χ4n) is 2.77. The fraction of sp³-hybridized carbons (Fsp3) is 0.0952. The number of nitrogens with zero attached hydrogens (tertiary/aromatic N) is 3. The number of rotatable bonds is 6. The zero-order valence-electron chi connectivity index (χ0n) is 15.8. The topological polar surface area (TPSA) is 73.0 Å². The van der Waals surface area contributed by atoms with Crippen LogP contribution in [0.2, 0.25) is 10.0 Å². The first-order valence-corrected chi connectivity index (χ1v) is 10.6. The first-order valence-electron chi connectivity index (χ1n) is 9.01. The molecule has 0 fully saturated rings. The summed E-state index contributed by atoms with van der Waals surface area (Å²) in [4.78, 5) is 12.8. The summed E-state index contributed by atoms with van der Waals surface area (Å²) in [6, 6.07) is 18.3. The largest absolute Gasteiger partial charge is 0.461 e. The van der Waals surface area contributed by atoms with Crippen molar-refractivity contribution in [1.29, 1.82) is 0 Å². The molecule has 0 saturated carbocycles. The lowest BCUT2D eigenvalue weighted by Gasteiger charge is -2.14. The number of hydrogen-bond acceptors (Lipinski definition) is 5. The molecule has 0 saturated heterocycles. The van der Waals surface area contributed by atoms with Crippen LogP contribution in [0.4, 0.5) is 5.69 Å². The number of halogens is 2. The molecule has 0 spiro atoms. The number of anilines is 1. The van der Waals surface area contributed by atoms with E-state index >= 15 is 0 Å². The SMILES string of the molecule is C[C@@H](Sc1nnc(-c2ccco2)n1-c1ccccc1)C(=O)Nc1cccc(Cl)c1Cl.